The molecule has 0 unspecified atom stereocenters. The second kappa shape index (κ2) is 5.51. The quantitative estimate of drug-likeness (QED) is 0.748. The lowest BCUT2D eigenvalue weighted by molar-refractivity contribution is 0.0733. The molecule has 0 aromatic heterocycles. The number of amides is 1. The van der Waals surface area contributed by atoms with E-state index < -0.39 is 0 Å². The van der Waals surface area contributed by atoms with Crippen molar-refractivity contribution in [3.8, 4) is 0 Å². The fraction of sp³-hybridized carbons (Fsp3) is 0.417. The first-order chi connectivity index (χ1) is 7.60. The van der Waals surface area contributed by atoms with E-state index in [0.717, 1.165) is 5.56 Å². The van der Waals surface area contributed by atoms with Crippen molar-refractivity contribution in [1.29, 1.82) is 0 Å². The second-order valence-corrected chi connectivity index (χ2v) is 3.70. The van der Waals surface area contributed by atoms with Crippen LogP contribution in [0.3, 0.4) is 0 Å². The predicted octanol–water partition coefficient (Wildman–Crippen LogP) is 1.03. The summed E-state index contributed by atoms with van der Waals surface area (Å²) in [5.74, 6) is -0.127. The lowest BCUT2D eigenvalue weighted by atomic mass is 10.1. The van der Waals surface area contributed by atoms with Crippen LogP contribution in [0.5, 0.6) is 0 Å². The number of aliphatic hydroxyl groups excluding tert-OH is 1. The first kappa shape index (κ1) is 12.5. The highest BCUT2D eigenvalue weighted by Crippen LogP contribution is 2.15. The van der Waals surface area contributed by atoms with E-state index in [0.29, 0.717) is 24.3 Å². The molecule has 0 aliphatic carbocycles. The van der Waals surface area contributed by atoms with Crippen LogP contribution in [0.1, 0.15) is 22.8 Å². The average Bonchev–Trinajstić information content (AvgIpc) is 2.28. The molecule has 0 aliphatic heterocycles. The smallest absolute Gasteiger partial charge is 0.256 e. The number of nitrogens with two attached hydrogens (primary N) is 1. The van der Waals surface area contributed by atoms with E-state index in [1.807, 2.05) is 19.9 Å². The fourth-order valence-corrected chi connectivity index (χ4v) is 1.55. The largest absolute Gasteiger partial charge is 0.398 e. The van der Waals surface area contributed by atoms with Gasteiger partial charge in [0.2, 0.25) is 0 Å². The summed E-state index contributed by atoms with van der Waals surface area (Å²) in [6.45, 7) is 4.65. The number of aryl methyl sites for hydroxylation is 1. The Morgan fingerprint density at radius 1 is 1.50 bits per heavy atom. The third-order valence-corrected chi connectivity index (χ3v) is 2.48. The molecule has 0 radical (unpaired) electrons. The van der Waals surface area contributed by atoms with Gasteiger partial charge in [-0.1, -0.05) is 11.6 Å². The van der Waals surface area contributed by atoms with Crippen LogP contribution >= 0.6 is 0 Å². The van der Waals surface area contributed by atoms with Gasteiger partial charge in [0, 0.05) is 18.8 Å². The Morgan fingerprint density at radius 2 is 2.19 bits per heavy atom. The molecule has 1 rings (SSSR count). The standard InChI is InChI=1S/C12H18N2O2/c1-3-14(6-7-15)12(16)10-8-9(2)4-5-11(10)13/h4-5,8,15H,3,6-7,13H2,1-2H3. The predicted molar refractivity (Wildman–Crippen MR) is 64.3 cm³/mol. The van der Waals surface area contributed by atoms with Crippen molar-refractivity contribution in [2.75, 3.05) is 25.4 Å². The number of nitrogens with zero attached hydrogens (tertiary/aromatic N) is 1. The van der Waals surface area contributed by atoms with Crippen LogP contribution in [0.15, 0.2) is 18.2 Å². The van der Waals surface area contributed by atoms with E-state index in [1.54, 1.807) is 17.0 Å². The normalized spacial score (nSPS) is 10.2. The zero-order chi connectivity index (χ0) is 12.1. The molecule has 88 valence electrons. The van der Waals surface area contributed by atoms with Gasteiger partial charge in [0.15, 0.2) is 0 Å². The van der Waals surface area contributed by atoms with Crippen molar-refractivity contribution < 1.29 is 9.90 Å². The molecule has 1 amide bonds. The molecular weight excluding hydrogens is 204 g/mol. The van der Waals surface area contributed by atoms with Crippen LogP contribution in [0, 0.1) is 6.92 Å². The van der Waals surface area contributed by atoms with E-state index in [-0.39, 0.29) is 12.5 Å². The molecule has 3 N–H and O–H groups in total. The van der Waals surface area contributed by atoms with Crippen LogP contribution in [0.4, 0.5) is 5.69 Å². The van der Waals surface area contributed by atoms with Gasteiger partial charge >= 0.3 is 0 Å². The summed E-state index contributed by atoms with van der Waals surface area (Å²) < 4.78 is 0. The topological polar surface area (TPSA) is 66.6 Å². The zero-order valence-corrected chi connectivity index (χ0v) is 9.73. The summed E-state index contributed by atoms with van der Waals surface area (Å²) in [7, 11) is 0. The molecule has 0 spiro atoms. The Labute approximate surface area is 95.7 Å². The number of rotatable bonds is 4. The molecule has 16 heavy (non-hydrogen) atoms. The van der Waals surface area contributed by atoms with Gasteiger partial charge in [-0.2, -0.15) is 0 Å². The third kappa shape index (κ3) is 2.73. The van der Waals surface area contributed by atoms with Crippen molar-refractivity contribution >= 4 is 11.6 Å². The second-order valence-electron chi connectivity index (χ2n) is 3.70. The molecular formula is C12H18N2O2. The lowest BCUT2D eigenvalue weighted by Gasteiger charge is -2.20. The van der Waals surface area contributed by atoms with Gasteiger partial charge in [-0.3, -0.25) is 4.79 Å². The van der Waals surface area contributed by atoms with E-state index in [4.69, 9.17) is 10.8 Å². The van der Waals surface area contributed by atoms with E-state index >= 15 is 0 Å². The van der Waals surface area contributed by atoms with Crippen LogP contribution in [0.25, 0.3) is 0 Å². The number of aliphatic hydroxyl groups is 1. The number of carbonyl (C=O) groups excluding carboxylic acids is 1. The SMILES string of the molecule is CCN(CCO)C(=O)c1cc(C)ccc1N. The highest BCUT2D eigenvalue weighted by atomic mass is 16.3. The number of carbonyl (C=O) groups is 1. The van der Waals surface area contributed by atoms with E-state index in [9.17, 15) is 4.79 Å². The number of benzene rings is 1. The highest BCUT2D eigenvalue weighted by Gasteiger charge is 2.16. The van der Waals surface area contributed by atoms with Crippen molar-refractivity contribution in [3.05, 3.63) is 29.3 Å². The first-order valence-corrected chi connectivity index (χ1v) is 5.36. The molecule has 1 aromatic rings. The number of hydrogen-bond donors (Lipinski definition) is 2. The monoisotopic (exact) mass is 222 g/mol. The Kier molecular flexibility index (Phi) is 4.31. The summed E-state index contributed by atoms with van der Waals surface area (Å²) in [5.41, 5.74) is 7.76. The highest BCUT2D eigenvalue weighted by molar-refractivity contribution is 5.99. The lowest BCUT2D eigenvalue weighted by Crippen LogP contribution is -2.33. The molecule has 0 heterocycles. The van der Waals surface area contributed by atoms with Crippen LogP contribution in [0.2, 0.25) is 0 Å². The third-order valence-electron chi connectivity index (χ3n) is 2.48. The molecule has 0 atom stereocenters. The van der Waals surface area contributed by atoms with Crippen molar-refractivity contribution in [2.45, 2.75) is 13.8 Å². The van der Waals surface area contributed by atoms with Crippen LogP contribution < -0.4 is 5.73 Å². The van der Waals surface area contributed by atoms with Crippen molar-refractivity contribution in [3.63, 3.8) is 0 Å². The maximum atomic E-state index is 12.1. The molecule has 0 aliphatic rings. The minimum absolute atomic E-state index is 0.0364. The number of hydrogen-bond acceptors (Lipinski definition) is 3. The molecule has 4 nitrogen and oxygen atoms in total. The molecule has 0 fully saturated rings. The Morgan fingerprint density at radius 3 is 2.75 bits per heavy atom. The Balaban J connectivity index is 2.98. The van der Waals surface area contributed by atoms with E-state index in [1.165, 1.54) is 0 Å². The molecule has 4 heteroatoms. The Hall–Kier alpha value is -1.55. The maximum Gasteiger partial charge on any atom is 0.256 e. The number of anilines is 1. The van der Waals surface area contributed by atoms with Gasteiger partial charge in [0.25, 0.3) is 5.91 Å². The minimum Gasteiger partial charge on any atom is -0.398 e. The van der Waals surface area contributed by atoms with Crippen LogP contribution in [-0.4, -0.2) is 35.6 Å². The Bertz CT molecular complexity index is 377. The molecule has 0 bridgehead atoms. The first-order valence-electron chi connectivity index (χ1n) is 5.36. The van der Waals surface area contributed by atoms with Gasteiger partial charge in [0.05, 0.1) is 12.2 Å². The molecule has 0 saturated heterocycles. The van der Waals surface area contributed by atoms with Crippen LogP contribution in [-0.2, 0) is 0 Å². The number of likely N-dealkylation sites (N-methyl/N-ethyl adjacent to an activating group) is 1. The van der Waals surface area contributed by atoms with Crippen molar-refractivity contribution in [2.24, 2.45) is 0 Å². The molecule has 1 aromatic carbocycles. The minimum atomic E-state index is -0.127. The summed E-state index contributed by atoms with van der Waals surface area (Å²) >= 11 is 0. The summed E-state index contributed by atoms with van der Waals surface area (Å²) in [5, 5.41) is 8.86. The number of nitrogen functional groups attached to an aromatic ring is 1. The van der Waals surface area contributed by atoms with Gasteiger partial charge in [-0.15, -0.1) is 0 Å². The van der Waals surface area contributed by atoms with Crippen molar-refractivity contribution in [1.82, 2.24) is 4.90 Å². The summed E-state index contributed by atoms with van der Waals surface area (Å²) in [6, 6.07) is 5.38. The van der Waals surface area contributed by atoms with Gasteiger partial charge in [-0.05, 0) is 26.0 Å². The molecule has 0 saturated carbocycles. The zero-order valence-electron chi connectivity index (χ0n) is 9.73. The fourth-order valence-electron chi connectivity index (χ4n) is 1.55. The van der Waals surface area contributed by atoms with Gasteiger partial charge in [-0.25, -0.2) is 0 Å². The van der Waals surface area contributed by atoms with Gasteiger partial charge in [0.1, 0.15) is 0 Å². The summed E-state index contributed by atoms with van der Waals surface area (Å²) in [4.78, 5) is 13.6. The van der Waals surface area contributed by atoms with E-state index in [2.05, 4.69) is 0 Å². The summed E-state index contributed by atoms with van der Waals surface area (Å²) in [6.07, 6.45) is 0. The average molecular weight is 222 g/mol. The maximum absolute atomic E-state index is 12.1. The van der Waals surface area contributed by atoms with Gasteiger partial charge < -0.3 is 15.7 Å².